The van der Waals surface area contributed by atoms with Gasteiger partial charge >= 0.3 is 0 Å². The molecule has 1 heterocycles. The summed E-state index contributed by atoms with van der Waals surface area (Å²) >= 11 is 1.97. The van der Waals surface area contributed by atoms with Gasteiger partial charge in [0.1, 0.15) is 5.82 Å². The standard InChI is InChI=1S/C12H17FN2S/c13-12-8-11(3-2-10(12)9-14)15-4-1-6-16-7-5-15/h2-3,8H,1,4-7,9,14H2. The fraction of sp³-hybridized carbons (Fsp3) is 0.500. The number of nitrogens with two attached hydrogens (primary N) is 1. The molecule has 0 atom stereocenters. The van der Waals surface area contributed by atoms with E-state index in [-0.39, 0.29) is 12.4 Å². The van der Waals surface area contributed by atoms with E-state index in [1.807, 2.05) is 17.8 Å². The van der Waals surface area contributed by atoms with E-state index < -0.39 is 0 Å². The van der Waals surface area contributed by atoms with Crippen LogP contribution in [0.4, 0.5) is 10.1 Å². The van der Waals surface area contributed by atoms with Crippen molar-refractivity contribution in [3.8, 4) is 0 Å². The van der Waals surface area contributed by atoms with E-state index >= 15 is 0 Å². The quantitative estimate of drug-likeness (QED) is 0.859. The second-order valence-corrected chi connectivity index (χ2v) is 5.16. The number of hydrogen-bond donors (Lipinski definition) is 1. The van der Waals surface area contributed by atoms with Crippen molar-refractivity contribution in [3.05, 3.63) is 29.6 Å². The van der Waals surface area contributed by atoms with Crippen LogP contribution in [0.25, 0.3) is 0 Å². The number of benzene rings is 1. The Morgan fingerprint density at radius 1 is 1.31 bits per heavy atom. The number of anilines is 1. The summed E-state index contributed by atoms with van der Waals surface area (Å²) in [5, 5.41) is 0. The van der Waals surface area contributed by atoms with Crippen LogP contribution >= 0.6 is 11.8 Å². The topological polar surface area (TPSA) is 29.3 Å². The average Bonchev–Trinajstić information content (AvgIpc) is 2.57. The molecule has 0 unspecified atom stereocenters. The fourth-order valence-electron chi connectivity index (χ4n) is 1.90. The Bertz CT molecular complexity index is 349. The van der Waals surface area contributed by atoms with Gasteiger partial charge in [0.2, 0.25) is 0 Å². The maximum Gasteiger partial charge on any atom is 0.129 e. The van der Waals surface area contributed by atoms with E-state index in [4.69, 9.17) is 5.73 Å². The molecule has 1 aliphatic rings. The van der Waals surface area contributed by atoms with Crippen molar-refractivity contribution in [2.45, 2.75) is 13.0 Å². The van der Waals surface area contributed by atoms with Crippen molar-refractivity contribution in [1.82, 2.24) is 0 Å². The Balaban J connectivity index is 2.16. The highest BCUT2D eigenvalue weighted by Crippen LogP contribution is 2.21. The van der Waals surface area contributed by atoms with Gasteiger partial charge in [0.15, 0.2) is 0 Å². The molecule has 88 valence electrons. The Labute approximate surface area is 100 Å². The monoisotopic (exact) mass is 240 g/mol. The minimum atomic E-state index is -0.183. The minimum absolute atomic E-state index is 0.183. The number of nitrogens with zero attached hydrogens (tertiary/aromatic N) is 1. The maximum atomic E-state index is 13.6. The normalized spacial score (nSPS) is 17.2. The maximum absolute atomic E-state index is 13.6. The average molecular weight is 240 g/mol. The molecule has 1 saturated heterocycles. The largest absolute Gasteiger partial charge is 0.371 e. The van der Waals surface area contributed by atoms with Crippen LogP contribution < -0.4 is 10.6 Å². The fourth-order valence-corrected chi connectivity index (χ4v) is 2.79. The van der Waals surface area contributed by atoms with Gasteiger partial charge in [-0.05, 0) is 24.3 Å². The summed E-state index contributed by atoms with van der Waals surface area (Å²) in [7, 11) is 0. The lowest BCUT2D eigenvalue weighted by molar-refractivity contribution is 0.609. The molecule has 0 radical (unpaired) electrons. The zero-order chi connectivity index (χ0) is 11.4. The van der Waals surface area contributed by atoms with Crippen molar-refractivity contribution in [2.24, 2.45) is 5.73 Å². The van der Waals surface area contributed by atoms with Crippen LogP contribution in [0.2, 0.25) is 0 Å². The Hall–Kier alpha value is -0.740. The lowest BCUT2D eigenvalue weighted by Crippen LogP contribution is -2.25. The third-order valence-corrected chi connectivity index (χ3v) is 3.89. The van der Waals surface area contributed by atoms with Crippen LogP contribution in [0.15, 0.2) is 18.2 Å². The molecule has 1 aromatic carbocycles. The molecule has 16 heavy (non-hydrogen) atoms. The first-order chi connectivity index (χ1) is 7.81. The Morgan fingerprint density at radius 2 is 2.19 bits per heavy atom. The molecule has 2 rings (SSSR count). The summed E-state index contributed by atoms with van der Waals surface area (Å²) in [5.41, 5.74) is 7.02. The molecule has 0 aromatic heterocycles. The van der Waals surface area contributed by atoms with E-state index in [0.717, 1.165) is 24.5 Å². The van der Waals surface area contributed by atoms with Crippen LogP contribution in [-0.4, -0.2) is 24.6 Å². The summed E-state index contributed by atoms with van der Waals surface area (Å²) in [5.74, 6) is 2.15. The summed E-state index contributed by atoms with van der Waals surface area (Å²) in [6, 6.07) is 5.38. The van der Waals surface area contributed by atoms with Crippen LogP contribution in [0.1, 0.15) is 12.0 Å². The van der Waals surface area contributed by atoms with E-state index in [9.17, 15) is 4.39 Å². The highest BCUT2D eigenvalue weighted by Gasteiger charge is 2.11. The number of halogens is 1. The van der Waals surface area contributed by atoms with Crippen LogP contribution in [-0.2, 0) is 6.54 Å². The van der Waals surface area contributed by atoms with Crippen LogP contribution in [0.5, 0.6) is 0 Å². The molecule has 0 saturated carbocycles. The summed E-state index contributed by atoms with van der Waals surface area (Å²) in [4.78, 5) is 2.25. The van der Waals surface area contributed by atoms with Crippen molar-refractivity contribution in [1.29, 1.82) is 0 Å². The summed E-state index contributed by atoms with van der Waals surface area (Å²) in [6.45, 7) is 2.29. The van der Waals surface area contributed by atoms with Gasteiger partial charge in [0.25, 0.3) is 0 Å². The van der Waals surface area contributed by atoms with Gasteiger partial charge in [-0.1, -0.05) is 6.07 Å². The van der Waals surface area contributed by atoms with Crippen molar-refractivity contribution in [2.75, 3.05) is 29.5 Å². The predicted octanol–water partition coefficient (Wildman–Crippen LogP) is 2.23. The predicted molar refractivity (Wildman–Crippen MR) is 68.4 cm³/mol. The van der Waals surface area contributed by atoms with Crippen molar-refractivity contribution in [3.63, 3.8) is 0 Å². The molecule has 0 aliphatic carbocycles. The zero-order valence-electron chi connectivity index (χ0n) is 9.29. The van der Waals surface area contributed by atoms with Gasteiger partial charge in [-0.3, -0.25) is 0 Å². The molecule has 0 spiro atoms. The van der Waals surface area contributed by atoms with Gasteiger partial charge in [-0.15, -0.1) is 0 Å². The molecule has 2 nitrogen and oxygen atoms in total. The smallest absolute Gasteiger partial charge is 0.129 e. The minimum Gasteiger partial charge on any atom is -0.371 e. The van der Waals surface area contributed by atoms with Crippen molar-refractivity contribution >= 4 is 17.4 Å². The third kappa shape index (κ3) is 2.68. The number of thioether (sulfide) groups is 1. The Kier molecular flexibility index (Phi) is 4.07. The lowest BCUT2D eigenvalue weighted by atomic mass is 10.1. The second-order valence-electron chi connectivity index (χ2n) is 3.93. The van der Waals surface area contributed by atoms with Gasteiger partial charge in [0.05, 0.1) is 0 Å². The van der Waals surface area contributed by atoms with Gasteiger partial charge < -0.3 is 10.6 Å². The van der Waals surface area contributed by atoms with Gasteiger partial charge in [-0.25, -0.2) is 4.39 Å². The molecule has 1 aromatic rings. The molecular formula is C12H17FN2S. The summed E-state index contributed by atoms with van der Waals surface area (Å²) in [6.07, 6.45) is 1.17. The second kappa shape index (κ2) is 5.55. The van der Waals surface area contributed by atoms with E-state index in [2.05, 4.69) is 4.90 Å². The molecule has 1 fully saturated rings. The van der Waals surface area contributed by atoms with E-state index in [0.29, 0.717) is 5.56 Å². The number of hydrogen-bond acceptors (Lipinski definition) is 3. The Morgan fingerprint density at radius 3 is 2.94 bits per heavy atom. The first-order valence-corrected chi connectivity index (χ1v) is 6.78. The molecule has 1 aliphatic heterocycles. The highest BCUT2D eigenvalue weighted by atomic mass is 32.2. The van der Waals surface area contributed by atoms with E-state index in [1.54, 1.807) is 12.1 Å². The molecule has 2 N–H and O–H groups in total. The highest BCUT2D eigenvalue weighted by molar-refractivity contribution is 7.99. The van der Waals surface area contributed by atoms with Crippen LogP contribution in [0.3, 0.4) is 0 Å². The molecule has 0 bridgehead atoms. The molecule has 0 amide bonds. The SMILES string of the molecule is NCc1ccc(N2CCCSCC2)cc1F. The third-order valence-electron chi connectivity index (χ3n) is 2.84. The summed E-state index contributed by atoms with van der Waals surface area (Å²) < 4.78 is 13.6. The molecule has 4 heteroatoms. The number of rotatable bonds is 2. The first-order valence-electron chi connectivity index (χ1n) is 5.62. The van der Waals surface area contributed by atoms with Gasteiger partial charge in [0, 0.05) is 36.6 Å². The van der Waals surface area contributed by atoms with Gasteiger partial charge in [-0.2, -0.15) is 11.8 Å². The molecular weight excluding hydrogens is 223 g/mol. The van der Waals surface area contributed by atoms with Crippen LogP contribution in [0, 0.1) is 5.82 Å². The zero-order valence-corrected chi connectivity index (χ0v) is 10.1. The van der Waals surface area contributed by atoms with E-state index in [1.165, 1.54) is 12.2 Å². The first kappa shape index (κ1) is 11.7. The van der Waals surface area contributed by atoms with Crippen molar-refractivity contribution < 1.29 is 4.39 Å². The lowest BCUT2D eigenvalue weighted by Gasteiger charge is -2.22.